The van der Waals surface area contributed by atoms with Crippen molar-refractivity contribution in [2.75, 3.05) is 13.2 Å². The fourth-order valence-corrected chi connectivity index (χ4v) is 4.14. The van der Waals surface area contributed by atoms with Crippen LogP contribution in [-0.4, -0.2) is 25.2 Å². The van der Waals surface area contributed by atoms with Gasteiger partial charge >= 0.3 is 5.63 Å². The Balaban J connectivity index is 1.59. The lowest BCUT2D eigenvalue weighted by molar-refractivity contribution is -0.121. The second kappa shape index (κ2) is 7.91. The van der Waals surface area contributed by atoms with Crippen LogP contribution in [0.1, 0.15) is 56.7 Å². The molecule has 1 amide bonds. The van der Waals surface area contributed by atoms with Gasteiger partial charge in [0.1, 0.15) is 11.2 Å². The van der Waals surface area contributed by atoms with Crippen molar-refractivity contribution in [3.63, 3.8) is 0 Å². The summed E-state index contributed by atoms with van der Waals surface area (Å²) in [7, 11) is 0. The molecule has 3 heterocycles. The molecule has 3 aromatic rings. The summed E-state index contributed by atoms with van der Waals surface area (Å²) in [4.78, 5) is 24.8. The summed E-state index contributed by atoms with van der Waals surface area (Å²) in [6, 6.07) is 3.82. The number of fused-ring (bicyclic) bond motifs is 2. The molecule has 1 atom stereocenters. The van der Waals surface area contributed by atoms with Crippen LogP contribution in [0.25, 0.3) is 21.9 Å². The third kappa shape index (κ3) is 4.01. The lowest BCUT2D eigenvalue weighted by Gasteiger charge is -2.16. The molecule has 6 heteroatoms. The molecule has 160 valence electrons. The first kappa shape index (κ1) is 20.7. The topological polar surface area (TPSA) is 81.7 Å². The van der Waals surface area contributed by atoms with E-state index in [2.05, 4.69) is 26.1 Å². The van der Waals surface area contributed by atoms with Crippen LogP contribution in [0, 0.1) is 6.92 Å². The zero-order valence-electron chi connectivity index (χ0n) is 18.1. The van der Waals surface area contributed by atoms with E-state index in [-0.39, 0.29) is 23.8 Å². The van der Waals surface area contributed by atoms with Crippen molar-refractivity contribution in [1.82, 2.24) is 5.32 Å². The van der Waals surface area contributed by atoms with Gasteiger partial charge in [0, 0.05) is 47.5 Å². The van der Waals surface area contributed by atoms with Crippen LogP contribution in [0.2, 0.25) is 0 Å². The Morgan fingerprint density at radius 2 is 2.00 bits per heavy atom. The number of nitrogens with one attached hydrogen (secondary N) is 1. The molecule has 1 N–H and O–H groups in total. The predicted molar refractivity (Wildman–Crippen MR) is 116 cm³/mol. The van der Waals surface area contributed by atoms with E-state index < -0.39 is 5.63 Å². The van der Waals surface area contributed by atoms with Crippen molar-refractivity contribution in [2.45, 2.75) is 64.9 Å². The molecule has 0 bridgehead atoms. The lowest BCUT2D eigenvalue weighted by atomic mass is 9.86. The van der Waals surface area contributed by atoms with E-state index in [1.165, 1.54) is 0 Å². The molecule has 1 fully saturated rings. The normalized spacial score (nSPS) is 17.1. The van der Waals surface area contributed by atoms with Crippen molar-refractivity contribution < 1.29 is 18.4 Å². The van der Waals surface area contributed by atoms with Crippen molar-refractivity contribution in [1.29, 1.82) is 0 Å². The monoisotopic (exact) mass is 411 g/mol. The molecule has 1 aromatic carbocycles. The van der Waals surface area contributed by atoms with Crippen LogP contribution in [0.3, 0.4) is 0 Å². The van der Waals surface area contributed by atoms with Gasteiger partial charge in [0.2, 0.25) is 5.91 Å². The van der Waals surface area contributed by atoms with E-state index in [9.17, 15) is 9.59 Å². The Labute approximate surface area is 175 Å². The molecular formula is C24H29NO5. The summed E-state index contributed by atoms with van der Waals surface area (Å²) in [5.74, 6) is -0.0790. The number of ether oxygens (including phenoxy) is 1. The molecule has 30 heavy (non-hydrogen) atoms. The first-order valence-corrected chi connectivity index (χ1v) is 10.6. The third-order valence-electron chi connectivity index (χ3n) is 5.94. The van der Waals surface area contributed by atoms with Gasteiger partial charge in [-0.2, -0.15) is 0 Å². The minimum absolute atomic E-state index is 0.0631. The predicted octanol–water partition coefficient (Wildman–Crippen LogP) is 4.37. The maximum Gasteiger partial charge on any atom is 0.339 e. The number of aryl methyl sites for hydroxylation is 1. The summed E-state index contributed by atoms with van der Waals surface area (Å²) in [5, 5.41) is 4.81. The van der Waals surface area contributed by atoms with Gasteiger partial charge < -0.3 is 18.9 Å². The van der Waals surface area contributed by atoms with Gasteiger partial charge in [-0.1, -0.05) is 20.8 Å². The van der Waals surface area contributed by atoms with E-state index in [1.807, 2.05) is 13.0 Å². The number of carbonyl (C=O) groups is 1. The number of benzene rings is 1. The first-order valence-electron chi connectivity index (χ1n) is 10.6. The van der Waals surface area contributed by atoms with Gasteiger partial charge in [0.05, 0.1) is 12.4 Å². The molecular weight excluding hydrogens is 382 g/mol. The summed E-state index contributed by atoms with van der Waals surface area (Å²) in [6.07, 6.45) is 4.49. The van der Waals surface area contributed by atoms with Gasteiger partial charge in [0.25, 0.3) is 0 Å². The molecule has 1 aliphatic rings. The van der Waals surface area contributed by atoms with Gasteiger partial charge in [0.15, 0.2) is 0 Å². The van der Waals surface area contributed by atoms with Crippen LogP contribution in [-0.2, 0) is 21.4 Å². The van der Waals surface area contributed by atoms with Crippen molar-refractivity contribution in [2.24, 2.45) is 0 Å². The summed E-state index contributed by atoms with van der Waals surface area (Å²) in [6.45, 7) is 9.62. The Bertz CT molecular complexity index is 1140. The maximum atomic E-state index is 12.6. The zero-order chi connectivity index (χ0) is 21.5. The number of rotatable bonds is 5. The molecule has 0 saturated carbocycles. The summed E-state index contributed by atoms with van der Waals surface area (Å²) < 4.78 is 16.8. The third-order valence-corrected chi connectivity index (χ3v) is 5.94. The highest BCUT2D eigenvalue weighted by Gasteiger charge is 2.22. The Kier molecular flexibility index (Phi) is 5.45. The number of hydrogen-bond donors (Lipinski definition) is 1. The summed E-state index contributed by atoms with van der Waals surface area (Å²) >= 11 is 0. The minimum Gasteiger partial charge on any atom is -0.464 e. The fraction of sp³-hybridized carbons (Fsp3) is 0.500. The SMILES string of the molecule is Cc1c(CCC(=O)NC[C@@H]2CCCO2)c(=O)oc2cc3occ(C(C)(C)C)c3cc12. The highest BCUT2D eigenvalue weighted by molar-refractivity contribution is 5.96. The standard InChI is InChI=1S/C24H29NO5/c1-14-16(7-8-22(26)25-12-15-6-5-9-28-15)23(27)30-21-11-20-18(10-17(14)21)19(13-29-20)24(2,3)4/h10-11,13,15H,5-9,12H2,1-4H3,(H,25,26)/t15-/m0/s1. The van der Waals surface area contributed by atoms with Crippen LogP contribution in [0.4, 0.5) is 0 Å². The van der Waals surface area contributed by atoms with Gasteiger partial charge in [-0.25, -0.2) is 4.79 Å². The molecule has 0 spiro atoms. The molecule has 2 aromatic heterocycles. The second-order valence-electron chi connectivity index (χ2n) is 9.18. The molecule has 1 aliphatic heterocycles. The Morgan fingerprint density at radius 3 is 2.70 bits per heavy atom. The van der Waals surface area contributed by atoms with Crippen LogP contribution >= 0.6 is 0 Å². The van der Waals surface area contributed by atoms with Gasteiger partial charge in [-0.3, -0.25) is 4.79 Å². The van der Waals surface area contributed by atoms with Crippen LogP contribution in [0.5, 0.6) is 0 Å². The fourth-order valence-electron chi connectivity index (χ4n) is 4.14. The quantitative estimate of drug-likeness (QED) is 0.631. The zero-order valence-corrected chi connectivity index (χ0v) is 18.1. The first-order chi connectivity index (χ1) is 14.2. The van der Waals surface area contributed by atoms with Crippen molar-refractivity contribution in [3.8, 4) is 0 Å². The number of amides is 1. The number of furan rings is 1. The molecule has 6 nitrogen and oxygen atoms in total. The molecule has 0 radical (unpaired) electrons. The highest BCUT2D eigenvalue weighted by atomic mass is 16.5. The Hall–Kier alpha value is -2.60. The Morgan fingerprint density at radius 1 is 1.20 bits per heavy atom. The van der Waals surface area contributed by atoms with Gasteiger partial charge in [-0.15, -0.1) is 0 Å². The summed E-state index contributed by atoms with van der Waals surface area (Å²) in [5.41, 5.74) is 3.27. The maximum absolute atomic E-state index is 12.6. The smallest absolute Gasteiger partial charge is 0.339 e. The number of hydrogen-bond acceptors (Lipinski definition) is 5. The van der Waals surface area contributed by atoms with Gasteiger partial charge in [-0.05, 0) is 43.2 Å². The second-order valence-corrected chi connectivity index (χ2v) is 9.18. The van der Waals surface area contributed by atoms with E-state index in [4.69, 9.17) is 13.6 Å². The van der Waals surface area contributed by atoms with E-state index in [0.717, 1.165) is 41.3 Å². The minimum atomic E-state index is -0.395. The molecule has 0 aliphatic carbocycles. The lowest BCUT2D eigenvalue weighted by Crippen LogP contribution is -2.32. The van der Waals surface area contributed by atoms with E-state index in [1.54, 1.807) is 12.3 Å². The average molecular weight is 411 g/mol. The molecule has 0 unspecified atom stereocenters. The molecule has 1 saturated heterocycles. The largest absolute Gasteiger partial charge is 0.464 e. The van der Waals surface area contributed by atoms with Crippen LogP contribution < -0.4 is 10.9 Å². The van der Waals surface area contributed by atoms with E-state index >= 15 is 0 Å². The van der Waals surface area contributed by atoms with Crippen molar-refractivity contribution in [3.05, 3.63) is 45.5 Å². The van der Waals surface area contributed by atoms with Crippen LogP contribution in [0.15, 0.2) is 32.0 Å². The average Bonchev–Trinajstić information content (AvgIpc) is 3.34. The highest BCUT2D eigenvalue weighted by Crippen LogP contribution is 2.35. The molecule has 4 rings (SSSR count). The van der Waals surface area contributed by atoms with E-state index in [0.29, 0.717) is 29.7 Å². The number of carbonyl (C=O) groups excluding carboxylic acids is 1. The van der Waals surface area contributed by atoms with Crippen molar-refractivity contribution >= 4 is 27.8 Å².